The molecule has 0 spiro atoms. The van der Waals surface area contributed by atoms with Gasteiger partial charge in [0.15, 0.2) is 8.32 Å². The van der Waals surface area contributed by atoms with Crippen LogP contribution in [0, 0.1) is 0 Å². The first-order valence-electron chi connectivity index (χ1n) is 15.6. The molecule has 0 rings (SSSR count). The smallest absolute Gasteiger partial charge is 0.183 e. The van der Waals surface area contributed by atoms with E-state index < -0.39 is 8.32 Å². The van der Waals surface area contributed by atoms with Crippen molar-refractivity contribution in [1.82, 2.24) is 0 Å². The van der Waals surface area contributed by atoms with Crippen LogP contribution in [-0.4, -0.2) is 160 Å². The molecule has 13 heteroatoms. The van der Waals surface area contributed by atoms with E-state index >= 15 is 0 Å². The normalized spacial score (nSPS) is 12.0. The molecule has 0 unspecified atom stereocenters. The highest BCUT2D eigenvalue weighted by Gasteiger charge is 2.13. The lowest BCUT2D eigenvalue weighted by molar-refractivity contribution is -0.0277. The Labute approximate surface area is 256 Å². The summed E-state index contributed by atoms with van der Waals surface area (Å²) in [6, 6.07) is 0. The Morgan fingerprint density at radius 3 is 0.667 bits per heavy atom. The molecule has 0 amide bonds. The van der Waals surface area contributed by atoms with Gasteiger partial charge in [0.2, 0.25) is 0 Å². The molecule has 0 saturated heterocycles. The van der Waals surface area contributed by atoms with Crippen molar-refractivity contribution in [3.05, 3.63) is 0 Å². The van der Waals surface area contributed by atoms with Crippen molar-refractivity contribution < 1.29 is 56.5 Å². The molecule has 0 N–H and O–H groups in total. The van der Waals surface area contributed by atoms with Gasteiger partial charge in [0.05, 0.1) is 145 Å². The molecule has 0 aromatic carbocycles. The Morgan fingerprint density at radius 1 is 0.286 bits per heavy atom. The van der Waals surface area contributed by atoms with E-state index in [1.165, 1.54) is 0 Å². The molecular formula is C29H62O12Si. The molecule has 0 radical (unpaired) electrons. The van der Waals surface area contributed by atoms with Gasteiger partial charge in [0.25, 0.3) is 0 Å². The lowest BCUT2D eigenvalue weighted by atomic mass is 10.4. The second-order valence-electron chi connectivity index (χ2n) is 10.1. The van der Waals surface area contributed by atoms with Crippen molar-refractivity contribution in [1.29, 1.82) is 0 Å². The van der Waals surface area contributed by atoms with Gasteiger partial charge in [-0.15, -0.1) is 0 Å². The summed E-state index contributed by atoms with van der Waals surface area (Å²) in [4.78, 5) is 0. The van der Waals surface area contributed by atoms with Gasteiger partial charge in [-0.25, -0.2) is 0 Å². The average Bonchev–Trinajstić information content (AvgIpc) is 2.96. The summed E-state index contributed by atoms with van der Waals surface area (Å²) in [6.45, 7) is 21.6. The third kappa shape index (κ3) is 39.7. The molecule has 0 aliphatic heterocycles. The largest absolute Gasteiger partial charge is 0.415 e. The number of ether oxygens (including phenoxy) is 11. The third-order valence-corrected chi connectivity index (χ3v) is 6.20. The zero-order chi connectivity index (χ0) is 30.7. The first-order valence-corrected chi connectivity index (χ1v) is 19.0. The van der Waals surface area contributed by atoms with Crippen LogP contribution in [0.25, 0.3) is 0 Å². The van der Waals surface area contributed by atoms with Crippen molar-refractivity contribution in [2.75, 3.05) is 152 Å². The number of hydrogen-bond acceptors (Lipinski definition) is 12. The van der Waals surface area contributed by atoms with Crippen LogP contribution in [0.5, 0.6) is 0 Å². The van der Waals surface area contributed by atoms with Gasteiger partial charge in [-0.1, -0.05) is 13.3 Å². The van der Waals surface area contributed by atoms with Crippen LogP contribution in [0.2, 0.25) is 19.6 Å². The van der Waals surface area contributed by atoms with Gasteiger partial charge in [0.1, 0.15) is 0 Å². The van der Waals surface area contributed by atoms with E-state index in [0.717, 1.165) is 19.4 Å². The fraction of sp³-hybridized carbons (Fsp3) is 1.00. The highest BCUT2D eigenvalue weighted by molar-refractivity contribution is 6.69. The molecule has 0 heterocycles. The van der Waals surface area contributed by atoms with E-state index in [9.17, 15) is 0 Å². The average molecular weight is 631 g/mol. The third-order valence-electron chi connectivity index (χ3n) is 5.13. The Morgan fingerprint density at radius 2 is 0.476 bits per heavy atom. The summed E-state index contributed by atoms with van der Waals surface area (Å²) in [6.07, 6.45) is 2.24. The standard InChI is InChI=1S/C29H62O12Si/c1-5-6-7-30-8-9-31-10-11-32-12-13-33-14-15-34-16-17-35-18-19-36-20-21-37-22-23-38-24-25-39-26-27-40-28-29-41-42(2,3)4/h5-29H2,1-4H3. The molecule has 42 heavy (non-hydrogen) atoms. The predicted octanol–water partition coefficient (Wildman–Crippen LogP) is 2.82. The van der Waals surface area contributed by atoms with Crippen molar-refractivity contribution in [2.24, 2.45) is 0 Å². The summed E-state index contributed by atoms with van der Waals surface area (Å²) in [5.74, 6) is 0. The predicted molar refractivity (Wildman–Crippen MR) is 163 cm³/mol. The topological polar surface area (TPSA) is 111 Å². The second kappa shape index (κ2) is 35.2. The maximum Gasteiger partial charge on any atom is 0.183 e. The van der Waals surface area contributed by atoms with E-state index in [1.54, 1.807) is 0 Å². The van der Waals surface area contributed by atoms with E-state index in [4.69, 9.17) is 56.5 Å². The summed E-state index contributed by atoms with van der Waals surface area (Å²) in [5.41, 5.74) is 0. The molecule has 12 nitrogen and oxygen atoms in total. The molecular weight excluding hydrogens is 568 g/mol. The number of hydrogen-bond donors (Lipinski definition) is 0. The van der Waals surface area contributed by atoms with E-state index in [1.807, 2.05) is 0 Å². The minimum Gasteiger partial charge on any atom is -0.415 e. The van der Waals surface area contributed by atoms with Gasteiger partial charge >= 0.3 is 0 Å². The Hall–Kier alpha value is -0.263. The monoisotopic (exact) mass is 630 g/mol. The zero-order valence-corrected chi connectivity index (χ0v) is 28.1. The van der Waals surface area contributed by atoms with Crippen molar-refractivity contribution in [3.8, 4) is 0 Å². The van der Waals surface area contributed by atoms with Gasteiger partial charge in [-0.05, 0) is 26.1 Å². The van der Waals surface area contributed by atoms with Gasteiger partial charge in [-0.2, -0.15) is 0 Å². The summed E-state index contributed by atoms with van der Waals surface area (Å²) in [5, 5.41) is 0. The molecule has 0 fully saturated rings. The quantitative estimate of drug-likeness (QED) is 0.0744. The Bertz CT molecular complexity index is 500. The molecule has 0 saturated carbocycles. The van der Waals surface area contributed by atoms with E-state index in [2.05, 4.69) is 26.6 Å². The maximum atomic E-state index is 5.71. The summed E-state index contributed by atoms with van der Waals surface area (Å²) < 4.78 is 65.8. The Kier molecular flexibility index (Phi) is 35.0. The molecule has 0 aliphatic rings. The Balaban J connectivity index is 3.04. The second-order valence-corrected chi connectivity index (χ2v) is 14.6. The molecule has 0 aromatic rings. The fourth-order valence-electron chi connectivity index (χ4n) is 2.95. The SMILES string of the molecule is CCCCOCCOCCOCCOCCOCCOCCOCCOCCOCCOCCOCCO[Si](C)(C)C. The lowest BCUT2D eigenvalue weighted by Crippen LogP contribution is -2.27. The highest BCUT2D eigenvalue weighted by atomic mass is 28.4. The van der Waals surface area contributed by atoms with Gasteiger partial charge in [0, 0.05) is 6.61 Å². The molecule has 0 aliphatic carbocycles. The molecule has 0 aromatic heterocycles. The highest BCUT2D eigenvalue weighted by Crippen LogP contribution is 2.01. The number of rotatable bonds is 37. The minimum absolute atomic E-state index is 0.521. The van der Waals surface area contributed by atoms with E-state index in [0.29, 0.717) is 145 Å². The summed E-state index contributed by atoms with van der Waals surface area (Å²) >= 11 is 0. The summed E-state index contributed by atoms with van der Waals surface area (Å²) in [7, 11) is -1.45. The first kappa shape index (κ1) is 41.7. The van der Waals surface area contributed by atoms with Crippen LogP contribution in [-0.2, 0) is 56.5 Å². The van der Waals surface area contributed by atoms with Crippen LogP contribution in [0.1, 0.15) is 19.8 Å². The molecule has 0 atom stereocenters. The van der Waals surface area contributed by atoms with Gasteiger partial charge < -0.3 is 56.5 Å². The van der Waals surface area contributed by atoms with Crippen LogP contribution >= 0.6 is 0 Å². The minimum atomic E-state index is -1.45. The van der Waals surface area contributed by atoms with Crippen molar-refractivity contribution >= 4 is 8.32 Å². The van der Waals surface area contributed by atoms with Crippen molar-refractivity contribution in [2.45, 2.75) is 39.4 Å². The van der Waals surface area contributed by atoms with Crippen molar-refractivity contribution in [3.63, 3.8) is 0 Å². The van der Waals surface area contributed by atoms with Gasteiger partial charge in [-0.3, -0.25) is 0 Å². The maximum absolute atomic E-state index is 5.71. The van der Waals surface area contributed by atoms with Crippen LogP contribution in [0.4, 0.5) is 0 Å². The fourth-order valence-corrected chi connectivity index (χ4v) is 3.65. The van der Waals surface area contributed by atoms with Crippen LogP contribution in [0.3, 0.4) is 0 Å². The first-order chi connectivity index (χ1) is 20.6. The number of unbranched alkanes of at least 4 members (excludes halogenated alkanes) is 1. The van der Waals surface area contributed by atoms with Crippen LogP contribution < -0.4 is 0 Å². The van der Waals surface area contributed by atoms with Crippen LogP contribution in [0.15, 0.2) is 0 Å². The van der Waals surface area contributed by atoms with E-state index in [-0.39, 0.29) is 0 Å². The lowest BCUT2D eigenvalue weighted by Gasteiger charge is -2.16. The zero-order valence-electron chi connectivity index (χ0n) is 27.1. The molecule has 0 bridgehead atoms. The molecule has 254 valence electrons.